The highest BCUT2D eigenvalue weighted by atomic mass is 16.5. The van der Waals surface area contributed by atoms with Crippen LogP contribution in [0.4, 0.5) is 5.69 Å². The van der Waals surface area contributed by atoms with Crippen molar-refractivity contribution in [2.45, 2.75) is 18.3 Å². The van der Waals surface area contributed by atoms with Crippen LogP contribution in [0.3, 0.4) is 0 Å². The van der Waals surface area contributed by atoms with Gasteiger partial charge >= 0.3 is 0 Å². The molecule has 0 radical (unpaired) electrons. The van der Waals surface area contributed by atoms with Crippen molar-refractivity contribution >= 4 is 11.6 Å². The fraction of sp³-hybridized carbons (Fsp3) is 0.462. The standard InChI is InChI=1S/C13H16N2O2/c14-12(16)9-1-2-11-10(7-9)13(8-15-11)3-5-17-6-4-13/h1-2,7,15H,3-6,8H2,(H2,14,16). The number of benzene rings is 1. The van der Waals surface area contributed by atoms with Gasteiger partial charge in [0.1, 0.15) is 0 Å². The van der Waals surface area contributed by atoms with Crippen LogP contribution < -0.4 is 11.1 Å². The summed E-state index contributed by atoms with van der Waals surface area (Å²) in [5.74, 6) is -0.359. The fourth-order valence-electron chi connectivity index (χ4n) is 2.86. The second-order valence-corrected chi connectivity index (χ2v) is 4.87. The second-order valence-electron chi connectivity index (χ2n) is 4.87. The molecule has 1 spiro atoms. The van der Waals surface area contributed by atoms with E-state index in [1.54, 1.807) is 6.07 Å². The lowest BCUT2D eigenvalue weighted by atomic mass is 9.75. The molecule has 3 rings (SSSR count). The molecule has 0 unspecified atom stereocenters. The number of nitrogens with one attached hydrogen (secondary N) is 1. The largest absolute Gasteiger partial charge is 0.384 e. The first-order valence-corrected chi connectivity index (χ1v) is 5.97. The zero-order valence-corrected chi connectivity index (χ0v) is 9.66. The summed E-state index contributed by atoms with van der Waals surface area (Å²) in [5.41, 5.74) is 8.44. The summed E-state index contributed by atoms with van der Waals surface area (Å²) in [6.45, 7) is 2.53. The van der Waals surface area contributed by atoms with Crippen molar-refractivity contribution in [3.05, 3.63) is 29.3 Å². The monoisotopic (exact) mass is 232 g/mol. The maximum Gasteiger partial charge on any atom is 0.248 e. The van der Waals surface area contributed by atoms with Gasteiger partial charge in [-0.1, -0.05) is 0 Å². The van der Waals surface area contributed by atoms with Crippen LogP contribution in [0.25, 0.3) is 0 Å². The van der Waals surface area contributed by atoms with E-state index in [9.17, 15) is 4.79 Å². The smallest absolute Gasteiger partial charge is 0.248 e. The number of ether oxygens (including phenoxy) is 1. The lowest BCUT2D eigenvalue weighted by Crippen LogP contribution is -2.35. The van der Waals surface area contributed by atoms with Crippen molar-refractivity contribution in [1.29, 1.82) is 0 Å². The van der Waals surface area contributed by atoms with E-state index in [0.717, 1.165) is 38.3 Å². The van der Waals surface area contributed by atoms with Crippen LogP contribution in [0.1, 0.15) is 28.8 Å². The van der Waals surface area contributed by atoms with Gasteiger partial charge in [0, 0.05) is 36.4 Å². The summed E-state index contributed by atoms with van der Waals surface area (Å²) < 4.78 is 5.43. The van der Waals surface area contributed by atoms with Gasteiger partial charge in [-0.25, -0.2) is 0 Å². The first kappa shape index (κ1) is 10.6. The fourth-order valence-corrected chi connectivity index (χ4v) is 2.86. The number of fused-ring (bicyclic) bond motifs is 2. The maximum atomic E-state index is 11.2. The first-order chi connectivity index (χ1) is 8.21. The number of hydrogen-bond donors (Lipinski definition) is 2. The Morgan fingerprint density at radius 1 is 1.35 bits per heavy atom. The molecular formula is C13H16N2O2. The van der Waals surface area contributed by atoms with Crippen LogP contribution >= 0.6 is 0 Å². The van der Waals surface area contributed by atoms with Gasteiger partial charge in [-0.2, -0.15) is 0 Å². The maximum absolute atomic E-state index is 11.2. The Balaban J connectivity index is 2.04. The molecule has 3 N–H and O–H groups in total. The van der Waals surface area contributed by atoms with E-state index in [-0.39, 0.29) is 11.3 Å². The van der Waals surface area contributed by atoms with Crippen LogP contribution in [-0.4, -0.2) is 25.7 Å². The minimum atomic E-state index is -0.359. The van der Waals surface area contributed by atoms with Gasteiger partial charge in [-0.05, 0) is 36.6 Å². The van der Waals surface area contributed by atoms with Crippen LogP contribution in [-0.2, 0) is 10.2 Å². The summed E-state index contributed by atoms with van der Waals surface area (Å²) in [5, 5.41) is 3.42. The number of nitrogens with two attached hydrogens (primary N) is 1. The van der Waals surface area contributed by atoms with Crippen LogP contribution in [0.5, 0.6) is 0 Å². The molecular weight excluding hydrogens is 216 g/mol. The summed E-state index contributed by atoms with van der Waals surface area (Å²) in [4.78, 5) is 11.2. The van der Waals surface area contributed by atoms with Crippen LogP contribution in [0, 0.1) is 0 Å². The average Bonchev–Trinajstić information content (AvgIpc) is 2.69. The van der Waals surface area contributed by atoms with Crippen molar-refractivity contribution in [3.8, 4) is 0 Å². The van der Waals surface area contributed by atoms with Gasteiger partial charge in [0.05, 0.1) is 0 Å². The molecule has 0 aromatic heterocycles. The molecule has 1 aromatic carbocycles. The minimum Gasteiger partial charge on any atom is -0.384 e. The number of rotatable bonds is 1. The third kappa shape index (κ3) is 1.60. The molecule has 1 fully saturated rings. The third-order valence-corrected chi connectivity index (χ3v) is 3.94. The number of hydrogen-bond acceptors (Lipinski definition) is 3. The van der Waals surface area contributed by atoms with Gasteiger partial charge in [-0.3, -0.25) is 4.79 Å². The number of anilines is 1. The van der Waals surface area contributed by atoms with Gasteiger partial charge in [0.2, 0.25) is 5.91 Å². The van der Waals surface area contributed by atoms with Crippen LogP contribution in [0.15, 0.2) is 18.2 Å². The van der Waals surface area contributed by atoms with Gasteiger partial charge in [0.25, 0.3) is 0 Å². The molecule has 1 saturated heterocycles. The Kier molecular flexibility index (Phi) is 2.33. The molecule has 4 heteroatoms. The Bertz CT molecular complexity index is 459. The van der Waals surface area contributed by atoms with E-state index in [4.69, 9.17) is 10.5 Å². The van der Waals surface area contributed by atoms with Gasteiger partial charge < -0.3 is 15.8 Å². The SMILES string of the molecule is NC(=O)c1ccc2c(c1)C1(CCOCC1)CN2. The molecule has 2 aliphatic heterocycles. The van der Waals surface area contributed by atoms with E-state index in [0.29, 0.717) is 5.56 Å². The molecule has 2 aliphatic rings. The van der Waals surface area contributed by atoms with Crippen molar-refractivity contribution in [1.82, 2.24) is 0 Å². The molecule has 0 bridgehead atoms. The molecule has 90 valence electrons. The molecule has 4 nitrogen and oxygen atoms in total. The van der Waals surface area contributed by atoms with Gasteiger partial charge in [-0.15, -0.1) is 0 Å². The molecule has 0 saturated carbocycles. The zero-order chi connectivity index (χ0) is 11.9. The molecule has 1 amide bonds. The number of carbonyl (C=O) groups excluding carboxylic acids is 1. The van der Waals surface area contributed by atoms with E-state index < -0.39 is 0 Å². The van der Waals surface area contributed by atoms with E-state index in [2.05, 4.69) is 5.32 Å². The summed E-state index contributed by atoms with van der Waals surface area (Å²) >= 11 is 0. The van der Waals surface area contributed by atoms with Gasteiger partial charge in [0.15, 0.2) is 0 Å². The Morgan fingerprint density at radius 3 is 2.82 bits per heavy atom. The molecule has 2 heterocycles. The number of carbonyl (C=O) groups is 1. The lowest BCUT2D eigenvalue weighted by Gasteiger charge is -2.33. The highest BCUT2D eigenvalue weighted by Gasteiger charge is 2.40. The van der Waals surface area contributed by atoms with E-state index >= 15 is 0 Å². The predicted octanol–water partition coefficient (Wildman–Crippen LogP) is 1.26. The molecule has 17 heavy (non-hydrogen) atoms. The van der Waals surface area contributed by atoms with Crippen molar-refractivity contribution in [3.63, 3.8) is 0 Å². The Hall–Kier alpha value is -1.55. The van der Waals surface area contributed by atoms with E-state index in [1.807, 2.05) is 12.1 Å². The zero-order valence-electron chi connectivity index (χ0n) is 9.66. The van der Waals surface area contributed by atoms with Crippen molar-refractivity contribution in [2.24, 2.45) is 5.73 Å². The summed E-state index contributed by atoms with van der Waals surface area (Å²) in [7, 11) is 0. The molecule has 0 aliphatic carbocycles. The molecule has 0 atom stereocenters. The normalized spacial score (nSPS) is 20.9. The lowest BCUT2D eigenvalue weighted by molar-refractivity contribution is 0.0567. The first-order valence-electron chi connectivity index (χ1n) is 5.97. The topological polar surface area (TPSA) is 64.4 Å². The highest BCUT2D eigenvalue weighted by molar-refractivity contribution is 5.93. The Labute approximate surface area is 100 Å². The third-order valence-electron chi connectivity index (χ3n) is 3.94. The highest BCUT2D eigenvalue weighted by Crippen LogP contribution is 2.43. The van der Waals surface area contributed by atoms with Crippen LogP contribution in [0.2, 0.25) is 0 Å². The van der Waals surface area contributed by atoms with E-state index in [1.165, 1.54) is 5.56 Å². The quantitative estimate of drug-likeness (QED) is 0.766. The second kappa shape index (κ2) is 3.74. The minimum absolute atomic E-state index is 0.138. The number of amides is 1. The predicted molar refractivity (Wildman–Crippen MR) is 65.2 cm³/mol. The summed E-state index contributed by atoms with van der Waals surface area (Å²) in [6, 6.07) is 5.69. The number of primary amides is 1. The summed E-state index contributed by atoms with van der Waals surface area (Å²) in [6.07, 6.45) is 2.02. The molecule has 1 aromatic rings. The van der Waals surface area contributed by atoms with Crippen molar-refractivity contribution < 1.29 is 9.53 Å². The average molecular weight is 232 g/mol. The Morgan fingerprint density at radius 2 is 2.12 bits per heavy atom. The van der Waals surface area contributed by atoms with Crippen molar-refractivity contribution in [2.75, 3.05) is 25.1 Å².